The van der Waals surface area contributed by atoms with E-state index in [4.69, 9.17) is 21.1 Å². The molecule has 1 aliphatic rings. The van der Waals surface area contributed by atoms with Crippen molar-refractivity contribution in [3.05, 3.63) is 87.2 Å². The molecule has 0 spiro atoms. The van der Waals surface area contributed by atoms with E-state index in [9.17, 15) is 9.59 Å². The molecule has 5 nitrogen and oxygen atoms in total. The fourth-order valence-electron chi connectivity index (χ4n) is 4.43. The van der Waals surface area contributed by atoms with Gasteiger partial charge in [-0.05, 0) is 73.1 Å². The van der Waals surface area contributed by atoms with E-state index in [1.807, 2.05) is 48.5 Å². The molecule has 0 radical (unpaired) electrons. The Morgan fingerprint density at radius 2 is 1.91 bits per heavy atom. The van der Waals surface area contributed by atoms with Gasteiger partial charge in [-0.25, -0.2) is 4.79 Å². The normalized spacial score (nSPS) is 15.3. The van der Waals surface area contributed by atoms with Crippen molar-refractivity contribution in [3.8, 4) is 5.75 Å². The Morgan fingerprint density at radius 3 is 2.62 bits per heavy atom. The van der Waals surface area contributed by atoms with Gasteiger partial charge in [0.1, 0.15) is 11.4 Å². The highest BCUT2D eigenvalue weighted by molar-refractivity contribution is 6.30. The Balaban J connectivity index is 1.66. The van der Waals surface area contributed by atoms with Crippen LogP contribution in [0.2, 0.25) is 5.02 Å². The highest BCUT2D eigenvalue weighted by Gasteiger charge is 2.33. The Kier molecular flexibility index (Phi) is 6.66. The van der Waals surface area contributed by atoms with Crippen molar-refractivity contribution in [2.75, 3.05) is 13.7 Å². The van der Waals surface area contributed by atoms with Crippen molar-refractivity contribution in [2.24, 2.45) is 0 Å². The third-order valence-electron chi connectivity index (χ3n) is 5.96. The van der Waals surface area contributed by atoms with Gasteiger partial charge in [0.2, 0.25) is 0 Å². The molecule has 0 aliphatic heterocycles. The van der Waals surface area contributed by atoms with E-state index in [1.165, 1.54) is 0 Å². The van der Waals surface area contributed by atoms with E-state index >= 15 is 0 Å². The minimum atomic E-state index is -0.418. The van der Waals surface area contributed by atoms with Crippen LogP contribution in [-0.2, 0) is 24.0 Å². The van der Waals surface area contributed by atoms with Crippen LogP contribution in [0.3, 0.4) is 0 Å². The number of nitrogens with one attached hydrogen (secondary N) is 1. The largest absolute Gasteiger partial charge is 0.497 e. The molecule has 1 atom stereocenters. The SMILES string of the molecule is CCOC(=O)c1[nH]c2c(c1CCc1cccc(OC)c1)C(=O)C[C@H](c1ccc(Cl)cc1)C2. The molecular weight excluding hydrogens is 426 g/mol. The van der Waals surface area contributed by atoms with Crippen molar-refractivity contribution in [1.29, 1.82) is 0 Å². The minimum Gasteiger partial charge on any atom is -0.497 e. The first-order chi connectivity index (χ1) is 15.5. The second-order valence-electron chi connectivity index (χ2n) is 7.98. The molecule has 0 amide bonds. The molecular formula is C26H26ClNO4. The van der Waals surface area contributed by atoms with Gasteiger partial charge in [-0.15, -0.1) is 0 Å². The highest BCUT2D eigenvalue weighted by atomic mass is 35.5. The molecule has 1 aliphatic carbocycles. The minimum absolute atomic E-state index is 0.0483. The quantitative estimate of drug-likeness (QED) is 0.478. The number of halogens is 1. The number of fused-ring (bicyclic) bond motifs is 1. The Morgan fingerprint density at radius 1 is 1.12 bits per heavy atom. The summed E-state index contributed by atoms with van der Waals surface area (Å²) in [5.74, 6) is 0.468. The van der Waals surface area contributed by atoms with Crippen molar-refractivity contribution in [3.63, 3.8) is 0 Å². The van der Waals surface area contributed by atoms with Crippen LogP contribution in [0.5, 0.6) is 5.75 Å². The number of methoxy groups -OCH3 is 1. The molecule has 0 saturated heterocycles. The topological polar surface area (TPSA) is 68.4 Å². The summed E-state index contributed by atoms with van der Waals surface area (Å²) in [5, 5.41) is 0.667. The van der Waals surface area contributed by atoms with Crippen molar-refractivity contribution < 1.29 is 19.1 Å². The van der Waals surface area contributed by atoms with Gasteiger partial charge in [-0.2, -0.15) is 0 Å². The van der Waals surface area contributed by atoms with E-state index in [0.717, 1.165) is 28.1 Å². The number of esters is 1. The molecule has 166 valence electrons. The third kappa shape index (κ3) is 4.58. The molecule has 0 bridgehead atoms. The number of aromatic amines is 1. The second kappa shape index (κ2) is 9.61. The zero-order valence-corrected chi connectivity index (χ0v) is 19.0. The number of hydrogen-bond donors (Lipinski definition) is 1. The fraction of sp³-hybridized carbons (Fsp3) is 0.308. The number of rotatable bonds is 7. The predicted molar refractivity (Wildman–Crippen MR) is 124 cm³/mol. The average molecular weight is 452 g/mol. The molecule has 32 heavy (non-hydrogen) atoms. The van der Waals surface area contributed by atoms with E-state index < -0.39 is 5.97 Å². The summed E-state index contributed by atoms with van der Waals surface area (Å²) in [6, 6.07) is 15.4. The standard InChI is InChI=1S/C26H26ClNO4/c1-3-32-26(30)25-21(12-7-16-5-4-6-20(13-16)31-2)24-22(28-25)14-18(15-23(24)29)17-8-10-19(27)11-9-17/h4-6,8-11,13,18,28H,3,7,12,14-15H2,1-2H3/t18-/m1/s1. The van der Waals surface area contributed by atoms with Crippen molar-refractivity contribution >= 4 is 23.4 Å². The van der Waals surface area contributed by atoms with Crippen molar-refractivity contribution in [1.82, 2.24) is 4.98 Å². The van der Waals surface area contributed by atoms with Gasteiger partial charge < -0.3 is 14.5 Å². The maximum Gasteiger partial charge on any atom is 0.355 e. The molecule has 0 saturated carbocycles. The Hall–Kier alpha value is -3.05. The van der Waals surface area contributed by atoms with Crippen LogP contribution in [0.1, 0.15) is 62.5 Å². The molecule has 1 N–H and O–H groups in total. The Bertz CT molecular complexity index is 1130. The molecule has 1 heterocycles. The van der Waals surface area contributed by atoms with Crippen LogP contribution in [0.15, 0.2) is 48.5 Å². The van der Waals surface area contributed by atoms with E-state index in [2.05, 4.69) is 4.98 Å². The first-order valence-corrected chi connectivity index (χ1v) is 11.2. The molecule has 0 fully saturated rings. The second-order valence-corrected chi connectivity index (χ2v) is 8.42. The number of carbonyl (C=O) groups excluding carboxylic acids is 2. The number of ketones is 1. The average Bonchev–Trinajstić information content (AvgIpc) is 3.17. The van der Waals surface area contributed by atoms with Crippen LogP contribution < -0.4 is 4.74 Å². The molecule has 6 heteroatoms. The summed E-state index contributed by atoms with van der Waals surface area (Å²) < 4.78 is 10.6. The molecule has 2 aromatic carbocycles. The molecule has 3 aromatic rings. The monoisotopic (exact) mass is 451 g/mol. The summed E-state index contributed by atoms with van der Waals surface area (Å²) in [7, 11) is 1.64. The van der Waals surface area contributed by atoms with Gasteiger partial charge >= 0.3 is 5.97 Å². The number of aryl methyl sites for hydroxylation is 1. The molecule has 0 unspecified atom stereocenters. The van der Waals surface area contributed by atoms with Gasteiger partial charge in [-0.3, -0.25) is 4.79 Å². The van der Waals surface area contributed by atoms with Gasteiger partial charge in [0.25, 0.3) is 0 Å². The lowest BCUT2D eigenvalue weighted by Gasteiger charge is -2.22. The predicted octanol–water partition coefficient (Wildman–Crippen LogP) is 5.55. The number of hydrogen-bond acceptors (Lipinski definition) is 4. The zero-order chi connectivity index (χ0) is 22.7. The molecule has 1 aromatic heterocycles. The van der Waals surface area contributed by atoms with Gasteiger partial charge in [0.15, 0.2) is 5.78 Å². The van der Waals surface area contributed by atoms with Gasteiger partial charge in [0.05, 0.1) is 13.7 Å². The Labute approximate surface area is 192 Å². The van der Waals surface area contributed by atoms with E-state index in [0.29, 0.717) is 42.0 Å². The summed E-state index contributed by atoms with van der Waals surface area (Å²) >= 11 is 6.02. The first-order valence-electron chi connectivity index (χ1n) is 10.8. The van der Waals surface area contributed by atoms with Crippen molar-refractivity contribution in [2.45, 2.75) is 38.5 Å². The van der Waals surface area contributed by atoms with Gasteiger partial charge in [-0.1, -0.05) is 35.9 Å². The highest BCUT2D eigenvalue weighted by Crippen LogP contribution is 2.36. The lowest BCUT2D eigenvalue weighted by atomic mass is 9.81. The zero-order valence-electron chi connectivity index (χ0n) is 18.2. The fourth-order valence-corrected chi connectivity index (χ4v) is 4.55. The number of carbonyl (C=O) groups is 2. The van der Waals surface area contributed by atoms with Crippen LogP contribution in [0.4, 0.5) is 0 Å². The summed E-state index contributed by atoms with van der Waals surface area (Å²) in [6.07, 6.45) is 2.31. The maximum atomic E-state index is 13.2. The van der Waals surface area contributed by atoms with Crippen LogP contribution in [0, 0.1) is 0 Å². The molecule has 4 rings (SSSR count). The van der Waals surface area contributed by atoms with Gasteiger partial charge in [0, 0.05) is 22.7 Å². The number of H-pyrrole nitrogens is 1. The summed E-state index contributed by atoms with van der Waals surface area (Å²) in [4.78, 5) is 29.2. The number of ether oxygens (including phenoxy) is 2. The number of benzene rings is 2. The van der Waals surface area contributed by atoms with E-state index in [-0.39, 0.29) is 18.3 Å². The van der Waals surface area contributed by atoms with E-state index in [1.54, 1.807) is 14.0 Å². The summed E-state index contributed by atoms with van der Waals surface area (Å²) in [6.45, 7) is 2.05. The van der Waals surface area contributed by atoms with Crippen LogP contribution in [0.25, 0.3) is 0 Å². The summed E-state index contributed by atoms with van der Waals surface area (Å²) in [5.41, 5.74) is 4.76. The smallest absolute Gasteiger partial charge is 0.355 e. The number of aromatic nitrogens is 1. The lowest BCUT2D eigenvalue weighted by molar-refractivity contribution is 0.0518. The lowest BCUT2D eigenvalue weighted by Crippen LogP contribution is -2.19. The third-order valence-corrected chi connectivity index (χ3v) is 6.21. The maximum absolute atomic E-state index is 13.2. The number of Topliss-reactive ketones (excluding diaryl/α,β-unsaturated/α-hetero) is 1. The van der Waals surface area contributed by atoms with Crippen LogP contribution >= 0.6 is 11.6 Å². The first kappa shape index (κ1) is 22.2. The van der Waals surface area contributed by atoms with Crippen LogP contribution in [-0.4, -0.2) is 30.5 Å².